The van der Waals surface area contributed by atoms with E-state index in [4.69, 9.17) is 0 Å². The smallest absolute Gasteiger partial charge is 0.218 e. The molecule has 1 aliphatic rings. The van der Waals surface area contributed by atoms with Gasteiger partial charge in [0.2, 0.25) is 15.8 Å². The quantitative estimate of drug-likeness (QED) is 0.702. The third kappa shape index (κ3) is 4.62. The summed E-state index contributed by atoms with van der Waals surface area (Å²) >= 11 is 0. The first kappa shape index (κ1) is 18.0. The highest BCUT2D eigenvalue weighted by Gasteiger charge is 2.29. The zero-order valence-corrected chi connectivity index (χ0v) is 15.3. The number of quaternary nitrogens is 1. The molecule has 136 valence electrons. The van der Waals surface area contributed by atoms with Crippen molar-refractivity contribution in [2.45, 2.75) is 32.2 Å². The molecule has 0 unspecified atom stereocenters. The molecule has 0 bridgehead atoms. The van der Waals surface area contributed by atoms with Gasteiger partial charge in [-0.2, -0.15) is 4.31 Å². The fraction of sp³-hybridized carbons (Fsp3) is 0.562. The minimum absolute atomic E-state index is 0.0674. The van der Waals surface area contributed by atoms with Crippen molar-refractivity contribution < 1.29 is 13.3 Å². The van der Waals surface area contributed by atoms with Gasteiger partial charge in [-0.3, -0.25) is 0 Å². The zero-order chi connectivity index (χ0) is 17.7. The van der Waals surface area contributed by atoms with Gasteiger partial charge in [0, 0.05) is 6.54 Å². The van der Waals surface area contributed by atoms with Crippen molar-refractivity contribution in [1.82, 2.24) is 24.5 Å². The molecular weight excluding hydrogens is 340 g/mol. The lowest BCUT2D eigenvalue weighted by atomic mass is 10.2. The highest BCUT2D eigenvalue weighted by Crippen LogP contribution is 2.10. The minimum Gasteiger partial charge on any atom is -0.326 e. The molecule has 3 rings (SSSR count). The Bertz CT molecular complexity index is 769. The van der Waals surface area contributed by atoms with Gasteiger partial charge in [0.15, 0.2) is 0 Å². The van der Waals surface area contributed by atoms with Gasteiger partial charge in [-0.25, -0.2) is 13.1 Å². The molecule has 8 nitrogen and oxygen atoms in total. The topological polar surface area (TPSA) is 85.4 Å². The van der Waals surface area contributed by atoms with E-state index >= 15 is 0 Å². The van der Waals surface area contributed by atoms with E-state index in [0.29, 0.717) is 13.1 Å². The molecule has 2 aromatic rings. The van der Waals surface area contributed by atoms with E-state index in [0.717, 1.165) is 44.0 Å². The van der Waals surface area contributed by atoms with Gasteiger partial charge in [-0.05, 0) is 22.4 Å². The highest BCUT2D eigenvalue weighted by atomic mass is 32.2. The Kier molecular flexibility index (Phi) is 5.77. The van der Waals surface area contributed by atoms with Crippen molar-refractivity contribution in [2.75, 3.05) is 26.2 Å². The maximum Gasteiger partial charge on any atom is 0.218 e. The van der Waals surface area contributed by atoms with Gasteiger partial charge in [0.05, 0.1) is 31.9 Å². The van der Waals surface area contributed by atoms with E-state index in [2.05, 4.69) is 22.4 Å². The second-order valence-electron chi connectivity index (χ2n) is 6.39. The van der Waals surface area contributed by atoms with Gasteiger partial charge < -0.3 is 4.90 Å². The average Bonchev–Trinajstić information content (AvgIpc) is 3.03. The number of hydrogen-bond donors (Lipinski definition) is 1. The van der Waals surface area contributed by atoms with E-state index in [9.17, 15) is 8.42 Å². The fourth-order valence-electron chi connectivity index (χ4n) is 3.09. The number of aryl methyl sites for hydroxylation is 1. The van der Waals surface area contributed by atoms with Crippen molar-refractivity contribution in [3.63, 3.8) is 0 Å². The van der Waals surface area contributed by atoms with E-state index in [1.54, 1.807) is 4.31 Å². The lowest BCUT2D eigenvalue weighted by molar-refractivity contribution is -0.918. The van der Waals surface area contributed by atoms with E-state index in [1.165, 1.54) is 4.90 Å². The van der Waals surface area contributed by atoms with Crippen LogP contribution < -0.4 is 4.90 Å². The number of sulfonamides is 1. The second kappa shape index (κ2) is 8.03. The minimum atomic E-state index is -3.26. The Morgan fingerprint density at radius 1 is 1.16 bits per heavy atom. The molecule has 1 aliphatic heterocycles. The standard InChI is InChI=1S/C16H24N6O2S/c1-2-8-22-16(17-18-19-22)13-20-9-11-21(12-10-20)25(23,24)14-15-6-4-3-5-7-15/h3-7H,2,8-14H2,1H3/p+1. The van der Waals surface area contributed by atoms with Crippen LogP contribution in [0.25, 0.3) is 0 Å². The molecule has 0 amide bonds. The van der Waals surface area contributed by atoms with Crippen molar-refractivity contribution in [3.05, 3.63) is 41.7 Å². The summed E-state index contributed by atoms with van der Waals surface area (Å²) in [6.45, 7) is 6.27. The number of hydrogen-bond acceptors (Lipinski definition) is 5. The first-order valence-corrected chi connectivity index (χ1v) is 10.3. The van der Waals surface area contributed by atoms with Gasteiger partial charge in [-0.15, -0.1) is 5.10 Å². The van der Waals surface area contributed by atoms with Crippen LogP contribution in [0, 0.1) is 0 Å². The SMILES string of the molecule is CCCn1nnnc1C[NH+]1CCN(S(=O)(=O)Cc2ccccc2)CC1. The Hall–Kier alpha value is -1.84. The molecule has 1 fully saturated rings. The fourth-order valence-corrected chi connectivity index (χ4v) is 4.63. The lowest BCUT2D eigenvalue weighted by Crippen LogP contribution is -3.13. The molecule has 9 heteroatoms. The number of benzene rings is 1. The lowest BCUT2D eigenvalue weighted by Gasteiger charge is -2.31. The monoisotopic (exact) mass is 365 g/mol. The first-order valence-electron chi connectivity index (χ1n) is 8.69. The molecule has 1 aromatic carbocycles. The molecule has 0 radical (unpaired) electrons. The van der Waals surface area contributed by atoms with Gasteiger partial charge in [0.25, 0.3) is 0 Å². The number of tetrazole rings is 1. The molecule has 0 spiro atoms. The summed E-state index contributed by atoms with van der Waals surface area (Å²) in [7, 11) is -3.26. The Balaban J connectivity index is 1.55. The maximum atomic E-state index is 12.6. The summed E-state index contributed by atoms with van der Waals surface area (Å²) in [6, 6.07) is 9.34. The van der Waals surface area contributed by atoms with Crippen LogP contribution in [0.15, 0.2) is 30.3 Å². The number of nitrogens with one attached hydrogen (secondary N) is 1. The van der Waals surface area contributed by atoms with Crippen molar-refractivity contribution >= 4 is 10.0 Å². The second-order valence-corrected chi connectivity index (χ2v) is 8.35. The van der Waals surface area contributed by atoms with Crippen molar-refractivity contribution in [3.8, 4) is 0 Å². The molecule has 25 heavy (non-hydrogen) atoms. The Morgan fingerprint density at radius 2 is 1.88 bits per heavy atom. The van der Waals surface area contributed by atoms with Gasteiger partial charge >= 0.3 is 0 Å². The van der Waals surface area contributed by atoms with Gasteiger partial charge in [-0.1, -0.05) is 37.3 Å². The van der Waals surface area contributed by atoms with Crippen LogP contribution in [0.5, 0.6) is 0 Å². The van der Waals surface area contributed by atoms with E-state index in [-0.39, 0.29) is 5.75 Å². The van der Waals surface area contributed by atoms with Gasteiger partial charge in [0.1, 0.15) is 6.54 Å². The van der Waals surface area contributed by atoms with Crippen LogP contribution in [-0.2, 0) is 28.9 Å². The highest BCUT2D eigenvalue weighted by molar-refractivity contribution is 7.88. The number of rotatable bonds is 7. The summed E-state index contributed by atoms with van der Waals surface area (Å²) in [5.74, 6) is 0.940. The molecule has 1 saturated heterocycles. The Morgan fingerprint density at radius 3 is 2.56 bits per heavy atom. The summed E-state index contributed by atoms with van der Waals surface area (Å²) < 4.78 is 28.6. The molecule has 0 aliphatic carbocycles. The molecule has 0 atom stereocenters. The van der Waals surface area contributed by atoms with Crippen LogP contribution in [0.2, 0.25) is 0 Å². The van der Waals surface area contributed by atoms with Crippen LogP contribution in [0.3, 0.4) is 0 Å². The largest absolute Gasteiger partial charge is 0.326 e. The third-order valence-corrected chi connectivity index (χ3v) is 6.31. The average molecular weight is 365 g/mol. The number of aromatic nitrogens is 4. The summed E-state index contributed by atoms with van der Waals surface area (Å²) in [6.07, 6.45) is 0.985. The molecule has 0 saturated carbocycles. The van der Waals surface area contributed by atoms with Crippen LogP contribution in [0.1, 0.15) is 24.7 Å². The molecule has 1 aromatic heterocycles. The number of piperazine rings is 1. The van der Waals surface area contributed by atoms with Crippen LogP contribution >= 0.6 is 0 Å². The first-order chi connectivity index (χ1) is 12.1. The molecule has 1 N–H and O–H groups in total. The van der Waals surface area contributed by atoms with Crippen molar-refractivity contribution in [2.24, 2.45) is 0 Å². The van der Waals surface area contributed by atoms with E-state index in [1.807, 2.05) is 35.0 Å². The maximum absolute atomic E-state index is 12.6. The number of nitrogens with zero attached hydrogens (tertiary/aromatic N) is 5. The third-order valence-electron chi connectivity index (χ3n) is 4.46. The summed E-state index contributed by atoms with van der Waals surface area (Å²) in [5, 5.41) is 11.9. The van der Waals surface area contributed by atoms with E-state index < -0.39 is 10.0 Å². The summed E-state index contributed by atoms with van der Waals surface area (Å²) in [5.41, 5.74) is 0.830. The molecular formula is C16H25N6O2S+. The normalized spacial score (nSPS) is 17.0. The van der Waals surface area contributed by atoms with Crippen LogP contribution in [0.4, 0.5) is 0 Å². The molecule has 2 heterocycles. The Labute approximate surface area is 148 Å². The predicted molar refractivity (Wildman–Crippen MR) is 93.1 cm³/mol. The van der Waals surface area contributed by atoms with Crippen molar-refractivity contribution in [1.29, 1.82) is 0 Å². The summed E-state index contributed by atoms with van der Waals surface area (Å²) in [4.78, 5) is 1.32. The van der Waals surface area contributed by atoms with Crippen LogP contribution in [-0.4, -0.2) is 59.1 Å². The predicted octanol–water partition coefficient (Wildman–Crippen LogP) is -0.686. The zero-order valence-electron chi connectivity index (χ0n) is 14.5.